The molecule has 140 valence electrons. The Morgan fingerprint density at radius 2 is 1.96 bits per heavy atom. The van der Waals surface area contributed by atoms with Gasteiger partial charge in [0, 0.05) is 23.7 Å². The van der Waals surface area contributed by atoms with Crippen LogP contribution in [0.2, 0.25) is 5.02 Å². The lowest BCUT2D eigenvalue weighted by Gasteiger charge is -2.26. The first-order valence-corrected chi connectivity index (χ1v) is 8.08. The molecule has 25 heavy (non-hydrogen) atoms. The Balaban J connectivity index is 0.00000288. The molecule has 0 atom stereocenters. The number of hydrogen-bond donors (Lipinski definition) is 2. The van der Waals surface area contributed by atoms with E-state index >= 15 is 0 Å². The van der Waals surface area contributed by atoms with Crippen molar-refractivity contribution in [2.45, 2.75) is 32.2 Å². The third-order valence-corrected chi connectivity index (χ3v) is 4.41. The quantitative estimate of drug-likeness (QED) is 0.731. The monoisotopic (exact) mass is 407 g/mol. The Morgan fingerprint density at radius 3 is 2.60 bits per heavy atom. The zero-order valence-corrected chi connectivity index (χ0v) is 16.6. The summed E-state index contributed by atoms with van der Waals surface area (Å²) in [4.78, 5) is 16.2. The van der Waals surface area contributed by atoms with Crippen LogP contribution in [0.25, 0.3) is 10.9 Å². The number of carbonyl (C=O) groups is 1. The second kappa shape index (κ2) is 10.7. The van der Waals surface area contributed by atoms with Gasteiger partial charge in [-0.25, -0.2) is 0 Å². The fraction of sp³-hybridized carbons (Fsp3) is 0.412. The molecule has 1 aromatic heterocycles. The number of fused-ring (bicyclic) bond motifs is 1. The molecular weight excluding hydrogens is 385 g/mol. The summed E-state index contributed by atoms with van der Waals surface area (Å²) in [5.41, 5.74) is 6.43. The number of benzene rings is 1. The lowest BCUT2D eigenvalue weighted by Crippen LogP contribution is -2.50. The number of aromatic nitrogens is 1. The minimum absolute atomic E-state index is 0. The van der Waals surface area contributed by atoms with Gasteiger partial charge in [0.2, 0.25) is 0 Å². The van der Waals surface area contributed by atoms with Crippen LogP contribution < -0.4 is 15.8 Å². The lowest BCUT2D eigenvalue weighted by molar-refractivity contribution is -0.123. The van der Waals surface area contributed by atoms with Crippen LogP contribution in [0.3, 0.4) is 0 Å². The molecule has 5 nitrogen and oxygen atoms in total. The summed E-state index contributed by atoms with van der Waals surface area (Å²) in [6, 6.07) is 7.12. The van der Waals surface area contributed by atoms with E-state index in [4.69, 9.17) is 22.1 Å². The van der Waals surface area contributed by atoms with E-state index in [-0.39, 0.29) is 42.9 Å². The Bertz CT molecular complexity index is 694. The molecule has 0 unspecified atom stereocenters. The molecule has 1 aromatic carbocycles. The van der Waals surface area contributed by atoms with Crippen LogP contribution in [-0.4, -0.2) is 29.6 Å². The van der Waals surface area contributed by atoms with Gasteiger partial charge in [-0.3, -0.25) is 9.78 Å². The highest BCUT2D eigenvalue weighted by Gasteiger charge is 2.21. The van der Waals surface area contributed by atoms with Crippen molar-refractivity contribution in [3.8, 4) is 5.75 Å². The van der Waals surface area contributed by atoms with E-state index in [1.54, 1.807) is 24.4 Å². The van der Waals surface area contributed by atoms with Gasteiger partial charge in [0.25, 0.3) is 5.91 Å². The van der Waals surface area contributed by atoms with Crippen LogP contribution in [0.4, 0.5) is 0 Å². The van der Waals surface area contributed by atoms with Gasteiger partial charge in [-0.2, -0.15) is 0 Å². The van der Waals surface area contributed by atoms with E-state index in [1.165, 1.54) is 0 Å². The largest absolute Gasteiger partial charge is 0.481 e. The van der Waals surface area contributed by atoms with Crippen LogP contribution in [0.5, 0.6) is 5.75 Å². The molecule has 0 aliphatic rings. The normalized spacial score (nSPS) is 10.6. The first-order valence-electron chi connectivity index (χ1n) is 7.70. The molecular formula is C17H24Cl3N3O2. The molecule has 1 heterocycles. The maximum atomic E-state index is 12.0. The van der Waals surface area contributed by atoms with Gasteiger partial charge in [0.15, 0.2) is 6.61 Å². The predicted molar refractivity (Wildman–Crippen MR) is 107 cm³/mol. The standard InChI is InChI=1S/C17H22ClN3O2.2ClH/c1-3-17(19,4-2)11-21-15(22)10-23-14-8-7-13(18)12-6-5-9-20-16(12)14;;/h5-9H,3-4,10-11,19H2,1-2H3,(H,21,22);2*1H. The maximum Gasteiger partial charge on any atom is 0.258 e. The van der Waals surface area contributed by atoms with E-state index in [2.05, 4.69) is 10.3 Å². The predicted octanol–water partition coefficient (Wildman–Crippen LogP) is 3.74. The second-order valence-corrected chi connectivity index (χ2v) is 5.99. The summed E-state index contributed by atoms with van der Waals surface area (Å²) in [7, 11) is 0. The average Bonchev–Trinajstić information content (AvgIpc) is 2.59. The Kier molecular flexibility index (Phi) is 10.1. The SMILES string of the molecule is CCC(N)(CC)CNC(=O)COc1ccc(Cl)c2cccnc12.Cl.Cl. The van der Waals surface area contributed by atoms with Gasteiger partial charge in [0.05, 0.1) is 5.02 Å². The second-order valence-electron chi connectivity index (χ2n) is 5.58. The molecule has 0 saturated carbocycles. The van der Waals surface area contributed by atoms with E-state index in [0.717, 1.165) is 18.2 Å². The van der Waals surface area contributed by atoms with Crippen LogP contribution in [0.15, 0.2) is 30.5 Å². The minimum Gasteiger partial charge on any atom is -0.481 e. The van der Waals surface area contributed by atoms with Crippen molar-refractivity contribution in [3.05, 3.63) is 35.5 Å². The molecule has 2 aromatic rings. The number of rotatable bonds is 7. The summed E-state index contributed by atoms with van der Waals surface area (Å²) in [5, 5.41) is 4.22. The van der Waals surface area contributed by atoms with Crippen molar-refractivity contribution >= 4 is 53.2 Å². The van der Waals surface area contributed by atoms with Gasteiger partial charge in [-0.1, -0.05) is 25.4 Å². The molecule has 8 heteroatoms. The summed E-state index contributed by atoms with van der Waals surface area (Å²) < 4.78 is 5.59. The van der Waals surface area contributed by atoms with Crippen LogP contribution in [0.1, 0.15) is 26.7 Å². The molecule has 3 N–H and O–H groups in total. The fourth-order valence-electron chi connectivity index (χ4n) is 2.20. The van der Waals surface area contributed by atoms with Gasteiger partial charge in [-0.05, 0) is 37.1 Å². The minimum atomic E-state index is -0.371. The first-order chi connectivity index (χ1) is 11.0. The van der Waals surface area contributed by atoms with E-state index in [1.807, 2.05) is 19.9 Å². The number of nitrogens with zero attached hydrogens (tertiary/aromatic N) is 1. The highest BCUT2D eigenvalue weighted by atomic mass is 35.5. The molecule has 2 rings (SSSR count). The lowest BCUT2D eigenvalue weighted by atomic mass is 9.94. The molecule has 1 amide bonds. The zero-order chi connectivity index (χ0) is 16.9. The van der Waals surface area contributed by atoms with E-state index in [9.17, 15) is 4.79 Å². The molecule has 0 radical (unpaired) electrons. The third kappa shape index (κ3) is 6.19. The van der Waals surface area contributed by atoms with Crippen molar-refractivity contribution in [1.29, 1.82) is 0 Å². The number of ether oxygens (including phenoxy) is 1. The molecule has 0 aliphatic carbocycles. The van der Waals surface area contributed by atoms with Crippen molar-refractivity contribution in [3.63, 3.8) is 0 Å². The Labute approximate surface area is 165 Å². The summed E-state index contributed by atoms with van der Waals surface area (Å²) >= 11 is 6.13. The third-order valence-electron chi connectivity index (χ3n) is 4.08. The molecule has 0 saturated heterocycles. The number of pyridine rings is 1. The summed E-state index contributed by atoms with van der Waals surface area (Å²) in [6.45, 7) is 4.37. The van der Waals surface area contributed by atoms with Crippen LogP contribution in [-0.2, 0) is 4.79 Å². The number of nitrogens with one attached hydrogen (secondary N) is 1. The van der Waals surface area contributed by atoms with Crippen molar-refractivity contribution in [2.75, 3.05) is 13.2 Å². The smallest absolute Gasteiger partial charge is 0.258 e. The molecule has 0 fully saturated rings. The maximum absolute atomic E-state index is 12.0. The highest BCUT2D eigenvalue weighted by Crippen LogP contribution is 2.29. The van der Waals surface area contributed by atoms with Gasteiger partial charge < -0.3 is 15.8 Å². The number of carbonyl (C=O) groups excluding carboxylic acids is 1. The first kappa shape index (κ1) is 23.7. The highest BCUT2D eigenvalue weighted by molar-refractivity contribution is 6.35. The summed E-state index contributed by atoms with van der Waals surface area (Å²) in [5.74, 6) is 0.325. The van der Waals surface area contributed by atoms with Crippen LogP contribution >= 0.6 is 36.4 Å². The van der Waals surface area contributed by atoms with E-state index in [0.29, 0.717) is 22.8 Å². The van der Waals surface area contributed by atoms with Crippen molar-refractivity contribution < 1.29 is 9.53 Å². The number of hydrogen-bond acceptors (Lipinski definition) is 4. The molecule has 0 bridgehead atoms. The Morgan fingerprint density at radius 1 is 1.28 bits per heavy atom. The van der Waals surface area contributed by atoms with Crippen molar-refractivity contribution in [1.82, 2.24) is 10.3 Å². The topological polar surface area (TPSA) is 77.2 Å². The number of amides is 1. The Hall–Kier alpha value is -1.27. The molecule has 0 aliphatic heterocycles. The van der Waals surface area contributed by atoms with Gasteiger partial charge in [-0.15, -0.1) is 24.8 Å². The zero-order valence-electron chi connectivity index (χ0n) is 14.3. The van der Waals surface area contributed by atoms with Gasteiger partial charge >= 0.3 is 0 Å². The summed E-state index contributed by atoms with van der Waals surface area (Å²) in [6.07, 6.45) is 3.27. The number of halogens is 3. The van der Waals surface area contributed by atoms with Crippen LogP contribution in [0, 0.1) is 0 Å². The molecule has 0 spiro atoms. The van der Waals surface area contributed by atoms with Gasteiger partial charge in [0.1, 0.15) is 11.3 Å². The number of nitrogens with two attached hydrogens (primary N) is 1. The average molecular weight is 409 g/mol. The van der Waals surface area contributed by atoms with E-state index < -0.39 is 0 Å². The fourth-order valence-corrected chi connectivity index (χ4v) is 2.41. The van der Waals surface area contributed by atoms with Crippen molar-refractivity contribution in [2.24, 2.45) is 5.73 Å².